The van der Waals surface area contributed by atoms with Crippen LogP contribution in [0.2, 0.25) is 0 Å². The number of carbonyl (C=O) groups excluding carboxylic acids is 2. The Morgan fingerprint density at radius 3 is 2.85 bits per heavy atom. The minimum absolute atomic E-state index is 0.121. The molecule has 1 aromatic rings. The maximum Gasteiger partial charge on any atom is 0.305 e. The zero-order chi connectivity index (χ0) is 14.8. The summed E-state index contributed by atoms with van der Waals surface area (Å²) in [5.74, 6) is 0.320. The molecule has 110 valence electrons. The lowest BCUT2D eigenvalue weighted by molar-refractivity contribution is -0.143. The molecule has 0 saturated carbocycles. The van der Waals surface area contributed by atoms with E-state index in [2.05, 4.69) is 21.2 Å². The molecule has 0 aliphatic rings. The van der Waals surface area contributed by atoms with Crippen LogP contribution in [0.5, 0.6) is 5.75 Å². The van der Waals surface area contributed by atoms with E-state index in [-0.39, 0.29) is 17.2 Å². The standard InChI is InChI=1S/C14H18BrNO4/c1-2-19-14(18)7-4-8-20-12-6-3-5-11(9-12)16-13(17)10-15/h3,5-6,9H,2,4,7-8,10H2,1H3,(H,16,17). The summed E-state index contributed by atoms with van der Waals surface area (Å²) in [7, 11) is 0. The minimum atomic E-state index is -0.213. The molecule has 0 saturated heterocycles. The van der Waals surface area contributed by atoms with Crippen molar-refractivity contribution in [3.63, 3.8) is 0 Å². The summed E-state index contributed by atoms with van der Waals surface area (Å²) in [4.78, 5) is 22.4. The number of esters is 1. The third-order valence-electron chi connectivity index (χ3n) is 2.34. The van der Waals surface area contributed by atoms with Crippen LogP contribution < -0.4 is 10.1 Å². The highest BCUT2D eigenvalue weighted by Crippen LogP contribution is 2.17. The molecule has 6 heteroatoms. The van der Waals surface area contributed by atoms with Crippen molar-refractivity contribution >= 4 is 33.5 Å². The number of rotatable bonds is 8. The molecule has 20 heavy (non-hydrogen) atoms. The number of alkyl halides is 1. The summed E-state index contributed by atoms with van der Waals surface area (Å²) in [6.07, 6.45) is 0.935. The Balaban J connectivity index is 2.35. The molecule has 1 aromatic carbocycles. The number of anilines is 1. The number of carbonyl (C=O) groups is 2. The number of amides is 1. The second kappa shape index (κ2) is 9.36. The number of hydrogen-bond acceptors (Lipinski definition) is 4. The summed E-state index contributed by atoms with van der Waals surface area (Å²) in [6.45, 7) is 2.60. The van der Waals surface area contributed by atoms with E-state index in [4.69, 9.17) is 9.47 Å². The van der Waals surface area contributed by atoms with Gasteiger partial charge in [-0.2, -0.15) is 0 Å². The Labute approximate surface area is 126 Å². The maximum absolute atomic E-state index is 11.2. The number of hydrogen-bond donors (Lipinski definition) is 1. The van der Waals surface area contributed by atoms with Crippen LogP contribution in [0.3, 0.4) is 0 Å². The van der Waals surface area contributed by atoms with Gasteiger partial charge in [-0.25, -0.2) is 0 Å². The Kier molecular flexibility index (Phi) is 7.72. The molecule has 1 amide bonds. The van der Waals surface area contributed by atoms with Crippen LogP contribution in [0.25, 0.3) is 0 Å². The monoisotopic (exact) mass is 343 g/mol. The average molecular weight is 344 g/mol. The molecule has 0 fully saturated rings. The van der Waals surface area contributed by atoms with E-state index in [0.717, 1.165) is 0 Å². The fraction of sp³-hybridized carbons (Fsp3) is 0.429. The molecule has 0 aromatic heterocycles. The number of halogens is 1. The first kappa shape index (κ1) is 16.5. The third-order valence-corrected chi connectivity index (χ3v) is 2.85. The molecule has 1 N–H and O–H groups in total. The number of benzene rings is 1. The second-order valence-electron chi connectivity index (χ2n) is 3.97. The normalized spacial score (nSPS) is 9.90. The van der Waals surface area contributed by atoms with Crippen LogP contribution in [-0.2, 0) is 14.3 Å². The fourth-order valence-corrected chi connectivity index (χ4v) is 1.64. The highest BCUT2D eigenvalue weighted by Gasteiger charge is 2.03. The first-order valence-electron chi connectivity index (χ1n) is 6.40. The highest BCUT2D eigenvalue weighted by atomic mass is 79.9. The molecule has 0 spiro atoms. The van der Waals surface area contributed by atoms with Gasteiger partial charge in [0.25, 0.3) is 0 Å². The van der Waals surface area contributed by atoms with Crippen LogP contribution in [0.4, 0.5) is 5.69 Å². The van der Waals surface area contributed by atoms with Crippen molar-refractivity contribution < 1.29 is 19.1 Å². The molecule has 0 heterocycles. The predicted octanol–water partition coefficient (Wildman–Crippen LogP) is 2.74. The van der Waals surface area contributed by atoms with Gasteiger partial charge >= 0.3 is 5.97 Å². The minimum Gasteiger partial charge on any atom is -0.494 e. The van der Waals surface area contributed by atoms with E-state index in [1.54, 1.807) is 31.2 Å². The van der Waals surface area contributed by atoms with Crippen molar-refractivity contribution in [2.45, 2.75) is 19.8 Å². The summed E-state index contributed by atoms with van der Waals surface area (Å²) in [6, 6.07) is 7.12. The van der Waals surface area contributed by atoms with Crippen molar-refractivity contribution in [1.29, 1.82) is 0 Å². The van der Waals surface area contributed by atoms with Crippen LogP contribution >= 0.6 is 15.9 Å². The topological polar surface area (TPSA) is 64.6 Å². The van der Waals surface area contributed by atoms with E-state index in [1.807, 2.05) is 0 Å². The molecule has 5 nitrogen and oxygen atoms in total. The molecule has 0 aliphatic carbocycles. The van der Waals surface area contributed by atoms with Gasteiger partial charge in [0.2, 0.25) is 5.91 Å². The quantitative estimate of drug-likeness (QED) is 0.447. The average Bonchev–Trinajstić information content (AvgIpc) is 2.44. The van der Waals surface area contributed by atoms with Gasteiger partial charge in [0.05, 0.1) is 18.5 Å². The molecule has 0 aliphatic heterocycles. The predicted molar refractivity (Wildman–Crippen MR) is 80.2 cm³/mol. The van der Waals surface area contributed by atoms with Gasteiger partial charge in [0.1, 0.15) is 5.75 Å². The Hall–Kier alpha value is -1.56. The summed E-state index contributed by atoms with van der Waals surface area (Å²) in [5.41, 5.74) is 0.678. The van der Waals surface area contributed by atoms with Gasteiger partial charge in [-0.15, -0.1) is 0 Å². The van der Waals surface area contributed by atoms with Crippen molar-refractivity contribution in [3.05, 3.63) is 24.3 Å². The van der Waals surface area contributed by atoms with Crippen LogP contribution in [0.15, 0.2) is 24.3 Å². The van der Waals surface area contributed by atoms with E-state index >= 15 is 0 Å². The largest absolute Gasteiger partial charge is 0.494 e. The Bertz CT molecular complexity index is 451. The Morgan fingerprint density at radius 1 is 1.35 bits per heavy atom. The van der Waals surface area contributed by atoms with E-state index in [0.29, 0.717) is 37.5 Å². The molecule has 0 bridgehead atoms. The lowest BCUT2D eigenvalue weighted by atomic mass is 10.3. The van der Waals surface area contributed by atoms with E-state index < -0.39 is 0 Å². The number of ether oxygens (including phenoxy) is 2. The summed E-state index contributed by atoms with van der Waals surface area (Å²) < 4.78 is 10.3. The van der Waals surface area contributed by atoms with E-state index in [9.17, 15) is 9.59 Å². The molecular formula is C14H18BrNO4. The zero-order valence-electron chi connectivity index (χ0n) is 11.4. The van der Waals surface area contributed by atoms with E-state index in [1.165, 1.54) is 0 Å². The van der Waals surface area contributed by atoms with Crippen LogP contribution in [0, 0.1) is 0 Å². The van der Waals surface area contributed by atoms with Crippen LogP contribution in [0.1, 0.15) is 19.8 Å². The molecule has 1 rings (SSSR count). The highest BCUT2D eigenvalue weighted by molar-refractivity contribution is 9.09. The molecule has 0 radical (unpaired) electrons. The first-order valence-corrected chi connectivity index (χ1v) is 7.52. The first-order chi connectivity index (χ1) is 9.65. The van der Waals surface area contributed by atoms with Crippen molar-refractivity contribution in [3.8, 4) is 5.75 Å². The maximum atomic E-state index is 11.2. The molecule has 0 atom stereocenters. The van der Waals surface area contributed by atoms with Gasteiger partial charge in [-0.05, 0) is 25.5 Å². The van der Waals surface area contributed by atoms with Crippen molar-refractivity contribution in [2.75, 3.05) is 23.9 Å². The van der Waals surface area contributed by atoms with Gasteiger partial charge < -0.3 is 14.8 Å². The lowest BCUT2D eigenvalue weighted by Gasteiger charge is -2.08. The smallest absolute Gasteiger partial charge is 0.305 e. The number of nitrogens with one attached hydrogen (secondary N) is 1. The second-order valence-corrected chi connectivity index (χ2v) is 4.53. The van der Waals surface area contributed by atoms with Gasteiger partial charge in [0, 0.05) is 18.2 Å². The lowest BCUT2D eigenvalue weighted by Crippen LogP contribution is -2.12. The van der Waals surface area contributed by atoms with Gasteiger partial charge in [0.15, 0.2) is 0 Å². The molecule has 0 unspecified atom stereocenters. The van der Waals surface area contributed by atoms with Gasteiger partial charge in [-0.1, -0.05) is 22.0 Å². The summed E-state index contributed by atoms with van der Waals surface area (Å²) in [5, 5.41) is 2.97. The van der Waals surface area contributed by atoms with Crippen LogP contribution in [-0.4, -0.2) is 30.4 Å². The summed E-state index contributed by atoms with van der Waals surface area (Å²) >= 11 is 3.08. The SMILES string of the molecule is CCOC(=O)CCCOc1cccc(NC(=O)CBr)c1. The Morgan fingerprint density at radius 2 is 2.15 bits per heavy atom. The van der Waals surface area contributed by atoms with Gasteiger partial charge in [-0.3, -0.25) is 9.59 Å². The zero-order valence-corrected chi connectivity index (χ0v) is 12.9. The fourth-order valence-electron chi connectivity index (χ4n) is 1.50. The molecular weight excluding hydrogens is 326 g/mol. The van der Waals surface area contributed by atoms with Crippen molar-refractivity contribution in [2.24, 2.45) is 0 Å². The van der Waals surface area contributed by atoms with Crippen molar-refractivity contribution in [1.82, 2.24) is 0 Å². The third kappa shape index (κ3) is 6.56.